The maximum Gasteiger partial charge on any atom is 0.225 e. The Kier molecular flexibility index (Phi) is 4.56. The number of nitrogens with one attached hydrogen (secondary N) is 2. The second-order valence-corrected chi connectivity index (χ2v) is 6.27. The van der Waals surface area contributed by atoms with Crippen molar-refractivity contribution in [1.82, 2.24) is 15.5 Å². The van der Waals surface area contributed by atoms with Crippen molar-refractivity contribution in [1.29, 1.82) is 0 Å². The van der Waals surface area contributed by atoms with E-state index in [4.69, 9.17) is 11.6 Å². The van der Waals surface area contributed by atoms with E-state index in [1.165, 1.54) is 6.07 Å². The predicted octanol–water partition coefficient (Wildman–Crippen LogP) is 3.41. The molecule has 4 nitrogen and oxygen atoms in total. The second-order valence-electron chi connectivity index (χ2n) is 5.86. The summed E-state index contributed by atoms with van der Waals surface area (Å²) in [6, 6.07) is 4.77. The Bertz CT molecular complexity index is 690. The molecule has 1 aromatic carbocycles. The molecule has 118 valence electrons. The van der Waals surface area contributed by atoms with Crippen LogP contribution in [-0.2, 0) is 16.8 Å². The van der Waals surface area contributed by atoms with Crippen molar-refractivity contribution in [3.05, 3.63) is 51.6 Å². The third-order valence-electron chi connectivity index (χ3n) is 3.69. The molecule has 0 bridgehead atoms. The van der Waals surface area contributed by atoms with Crippen LogP contribution >= 0.6 is 11.6 Å². The van der Waals surface area contributed by atoms with Crippen LogP contribution in [0.15, 0.2) is 18.2 Å². The fraction of sp³-hybridized carbons (Fsp3) is 0.375. The van der Waals surface area contributed by atoms with Crippen LogP contribution in [0.2, 0.25) is 5.02 Å². The lowest BCUT2D eigenvalue weighted by molar-refractivity contribution is -0.122. The van der Waals surface area contributed by atoms with E-state index in [1.807, 2.05) is 13.8 Å². The number of hydrogen-bond acceptors (Lipinski definition) is 2. The van der Waals surface area contributed by atoms with E-state index in [2.05, 4.69) is 15.5 Å². The third-order valence-corrected chi connectivity index (χ3v) is 3.99. The molecular weight excluding hydrogens is 305 g/mol. The number of hydrogen-bond donors (Lipinski definition) is 2. The third kappa shape index (κ3) is 3.30. The van der Waals surface area contributed by atoms with Crippen LogP contribution in [0.5, 0.6) is 0 Å². The number of aryl methyl sites for hydroxylation is 2. The molecule has 1 aromatic heterocycles. The summed E-state index contributed by atoms with van der Waals surface area (Å²) in [7, 11) is 0. The van der Waals surface area contributed by atoms with Gasteiger partial charge in [-0.3, -0.25) is 9.89 Å². The highest BCUT2D eigenvalue weighted by Gasteiger charge is 2.27. The second kappa shape index (κ2) is 6.08. The first-order valence-electron chi connectivity index (χ1n) is 6.98. The van der Waals surface area contributed by atoms with E-state index in [-0.39, 0.29) is 17.4 Å². The summed E-state index contributed by atoms with van der Waals surface area (Å²) in [5.74, 6) is -0.706. The van der Waals surface area contributed by atoms with Crippen LogP contribution < -0.4 is 5.32 Å². The van der Waals surface area contributed by atoms with Crippen molar-refractivity contribution in [2.24, 2.45) is 0 Å². The Morgan fingerprint density at radius 3 is 2.68 bits per heavy atom. The summed E-state index contributed by atoms with van der Waals surface area (Å²) < 4.78 is 14.2. The monoisotopic (exact) mass is 323 g/mol. The molecule has 0 saturated heterocycles. The summed E-state index contributed by atoms with van der Waals surface area (Å²) >= 11 is 5.81. The summed E-state index contributed by atoms with van der Waals surface area (Å²) in [6.45, 7) is 7.20. The summed E-state index contributed by atoms with van der Waals surface area (Å²) in [5, 5.41) is 9.81. The van der Waals surface area contributed by atoms with Crippen LogP contribution in [0.4, 0.5) is 4.39 Å². The molecule has 0 aliphatic carbocycles. The first kappa shape index (κ1) is 16.5. The number of nitrogens with zero attached hydrogens (tertiary/aromatic N) is 1. The number of H-pyrrole nitrogens is 1. The number of benzene rings is 1. The Labute approximate surface area is 134 Å². The van der Waals surface area contributed by atoms with E-state index in [0.29, 0.717) is 5.56 Å². The van der Waals surface area contributed by atoms with Gasteiger partial charge >= 0.3 is 0 Å². The zero-order valence-corrected chi connectivity index (χ0v) is 13.8. The van der Waals surface area contributed by atoms with Crippen molar-refractivity contribution >= 4 is 17.5 Å². The molecule has 0 radical (unpaired) electrons. The van der Waals surface area contributed by atoms with Crippen LogP contribution in [-0.4, -0.2) is 16.1 Å². The number of halogens is 2. The molecule has 0 saturated carbocycles. The molecule has 0 aliphatic heterocycles. The number of rotatable bonds is 4. The lowest BCUT2D eigenvalue weighted by Gasteiger charge is -2.27. The largest absolute Gasteiger partial charge is 0.347 e. The molecule has 0 unspecified atom stereocenters. The maximum absolute atomic E-state index is 14.2. The Balaban J connectivity index is 2.18. The van der Waals surface area contributed by atoms with E-state index in [1.54, 1.807) is 26.0 Å². The van der Waals surface area contributed by atoms with Crippen LogP contribution in [0.1, 0.15) is 36.4 Å². The zero-order valence-electron chi connectivity index (χ0n) is 13.1. The first-order chi connectivity index (χ1) is 10.2. The fourth-order valence-corrected chi connectivity index (χ4v) is 2.62. The van der Waals surface area contributed by atoms with Crippen molar-refractivity contribution in [2.45, 2.75) is 39.7 Å². The average Bonchev–Trinajstić information content (AvgIpc) is 2.73. The molecule has 0 fully saturated rings. The molecule has 0 atom stereocenters. The molecule has 1 heterocycles. The molecule has 2 N–H and O–H groups in total. The zero-order chi connectivity index (χ0) is 16.5. The van der Waals surface area contributed by atoms with Gasteiger partial charge in [0.2, 0.25) is 5.91 Å². The summed E-state index contributed by atoms with van der Waals surface area (Å²) in [5.41, 5.74) is 2.00. The number of carbonyl (C=O) groups is 1. The number of carbonyl (C=O) groups excluding carboxylic acids is 1. The van der Waals surface area contributed by atoms with Gasteiger partial charge in [0, 0.05) is 16.8 Å². The van der Waals surface area contributed by atoms with Crippen molar-refractivity contribution < 1.29 is 9.18 Å². The van der Waals surface area contributed by atoms with E-state index >= 15 is 0 Å². The number of aromatic nitrogens is 2. The lowest BCUT2D eigenvalue weighted by Crippen LogP contribution is -2.42. The molecule has 22 heavy (non-hydrogen) atoms. The topological polar surface area (TPSA) is 57.8 Å². The minimum atomic E-state index is -0.863. The van der Waals surface area contributed by atoms with E-state index in [0.717, 1.165) is 17.0 Å². The van der Waals surface area contributed by atoms with Gasteiger partial charge in [-0.15, -0.1) is 0 Å². The smallest absolute Gasteiger partial charge is 0.225 e. The highest BCUT2D eigenvalue weighted by molar-refractivity contribution is 6.30. The lowest BCUT2D eigenvalue weighted by atomic mass is 9.93. The van der Waals surface area contributed by atoms with Gasteiger partial charge < -0.3 is 5.32 Å². The maximum atomic E-state index is 14.2. The quantitative estimate of drug-likeness (QED) is 0.906. The van der Waals surface area contributed by atoms with Crippen LogP contribution in [0, 0.1) is 19.7 Å². The van der Waals surface area contributed by atoms with Crippen LogP contribution in [0.25, 0.3) is 0 Å². The van der Waals surface area contributed by atoms with Gasteiger partial charge in [-0.25, -0.2) is 4.39 Å². The Morgan fingerprint density at radius 2 is 2.09 bits per heavy atom. The molecule has 0 aliphatic rings. The Morgan fingerprint density at radius 1 is 1.41 bits per heavy atom. The van der Waals surface area contributed by atoms with E-state index < -0.39 is 11.4 Å². The van der Waals surface area contributed by atoms with Gasteiger partial charge in [0.25, 0.3) is 0 Å². The highest BCUT2D eigenvalue weighted by Crippen LogP contribution is 2.27. The Hall–Kier alpha value is -1.88. The molecular formula is C16H19ClFN3O. The van der Waals surface area contributed by atoms with Crippen molar-refractivity contribution in [3.63, 3.8) is 0 Å². The summed E-state index contributed by atoms with van der Waals surface area (Å²) in [6.07, 6.45) is 0.194. The van der Waals surface area contributed by atoms with Gasteiger partial charge in [0.1, 0.15) is 5.82 Å². The van der Waals surface area contributed by atoms with Gasteiger partial charge in [-0.05, 0) is 33.8 Å². The number of amides is 1. The van der Waals surface area contributed by atoms with Crippen LogP contribution in [0.3, 0.4) is 0 Å². The summed E-state index contributed by atoms with van der Waals surface area (Å²) in [4.78, 5) is 12.3. The first-order valence-corrected chi connectivity index (χ1v) is 7.36. The normalized spacial score (nSPS) is 11.5. The standard InChI is InChI=1S/C16H19ClFN3O/c1-9-11(10(2)21-20-9)8-14(22)19-16(3,4)12-6-5-7-13(17)15(12)18/h5-7H,8H2,1-4H3,(H,19,22)(H,20,21). The molecule has 2 rings (SSSR count). The van der Waals surface area contributed by atoms with Gasteiger partial charge in [-0.2, -0.15) is 5.10 Å². The minimum Gasteiger partial charge on any atom is -0.347 e. The fourth-order valence-electron chi connectivity index (χ4n) is 2.44. The molecule has 0 spiro atoms. The molecule has 2 aromatic rings. The minimum absolute atomic E-state index is 0.0429. The number of aromatic amines is 1. The van der Waals surface area contributed by atoms with Crippen molar-refractivity contribution in [3.8, 4) is 0 Å². The van der Waals surface area contributed by atoms with E-state index in [9.17, 15) is 9.18 Å². The SMILES string of the molecule is Cc1n[nH]c(C)c1CC(=O)NC(C)(C)c1cccc(Cl)c1F. The molecule has 6 heteroatoms. The average molecular weight is 324 g/mol. The van der Waals surface area contributed by atoms with Gasteiger partial charge in [-0.1, -0.05) is 23.7 Å². The highest BCUT2D eigenvalue weighted by atomic mass is 35.5. The molecule has 1 amide bonds. The van der Waals surface area contributed by atoms with Crippen molar-refractivity contribution in [2.75, 3.05) is 0 Å². The predicted molar refractivity (Wildman–Crippen MR) is 84.3 cm³/mol. The van der Waals surface area contributed by atoms with Gasteiger partial charge in [0.15, 0.2) is 0 Å². The van der Waals surface area contributed by atoms with Gasteiger partial charge in [0.05, 0.1) is 22.7 Å².